The normalized spacial score (nSPS) is 12.9. The van der Waals surface area contributed by atoms with Crippen molar-refractivity contribution in [1.82, 2.24) is 0 Å². The van der Waals surface area contributed by atoms with Gasteiger partial charge in [-0.1, -0.05) is 169 Å². The highest BCUT2D eigenvalue weighted by atomic mass is 16.6. The van der Waals surface area contributed by atoms with E-state index in [1.165, 1.54) is 116 Å². The van der Waals surface area contributed by atoms with E-state index in [-0.39, 0.29) is 36.5 Å². The first-order valence-corrected chi connectivity index (χ1v) is 17.8. The van der Waals surface area contributed by atoms with Crippen LogP contribution in [0.3, 0.4) is 0 Å². The summed E-state index contributed by atoms with van der Waals surface area (Å²) in [5.41, 5.74) is 0. The Hall–Kier alpha value is -1.06. The Morgan fingerprint density at radius 2 is 0.825 bits per heavy atom. The summed E-state index contributed by atoms with van der Waals surface area (Å²) in [5, 5.41) is 0. The first kappa shape index (κ1) is 38.9. The van der Waals surface area contributed by atoms with Gasteiger partial charge in [-0.3, -0.25) is 9.59 Å². The number of esters is 2. The van der Waals surface area contributed by atoms with Crippen molar-refractivity contribution in [2.75, 3.05) is 6.61 Å². The summed E-state index contributed by atoms with van der Waals surface area (Å²) in [5.74, 6) is -0.455. The van der Waals surface area contributed by atoms with Crippen molar-refractivity contribution < 1.29 is 19.1 Å². The summed E-state index contributed by atoms with van der Waals surface area (Å²) in [7, 11) is 0. The minimum atomic E-state index is -0.322. The molecule has 2 unspecified atom stereocenters. The maximum absolute atomic E-state index is 13.1. The predicted octanol–water partition coefficient (Wildman–Crippen LogP) is 11.5. The van der Waals surface area contributed by atoms with Crippen molar-refractivity contribution in [3.05, 3.63) is 0 Å². The van der Waals surface area contributed by atoms with Crippen molar-refractivity contribution in [1.29, 1.82) is 0 Å². The second-order valence-corrected chi connectivity index (χ2v) is 12.6. The zero-order valence-electron chi connectivity index (χ0n) is 27.7. The molecule has 0 fully saturated rings. The van der Waals surface area contributed by atoms with Gasteiger partial charge in [0.15, 0.2) is 0 Å². The lowest BCUT2D eigenvalue weighted by Gasteiger charge is -2.21. The van der Waals surface area contributed by atoms with Crippen LogP contribution in [0, 0.1) is 11.8 Å². The number of carbonyl (C=O) groups is 2. The van der Waals surface area contributed by atoms with Crippen LogP contribution in [-0.4, -0.2) is 24.6 Å². The van der Waals surface area contributed by atoms with E-state index in [4.69, 9.17) is 9.47 Å². The monoisotopic (exact) mass is 567 g/mol. The summed E-state index contributed by atoms with van der Waals surface area (Å²) in [6.45, 7) is 10.7. The van der Waals surface area contributed by atoms with Crippen molar-refractivity contribution >= 4 is 11.9 Å². The van der Waals surface area contributed by atoms with E-state index in [1.807, 2.05) is 13.8 Å². The van der Waals surface area contributed by atoms with E-state index in [0.717, 1.165) is 44.9 Å². The molecule has 238 valence electrons. The second kappa shape index (κ2) is 29.4. The number of hydrogen-bond donors (Lipinski definition) is 0. The van der Waals surface area contributed by atoms with Gasteiger partial charge < -0.3 is 9.47 Å². The number of hydrogen-bond acceptors (Lipinski definition) is 4. The third-order valence-electron chi connectivity index (χ3n) is 8.19. The van der Waals surface area contributed by atoms with Gasteiger partial charge in [0.05, 0.1) is 11.8 Å². The minimum absolute atomic E-state index is 0.0175. The molecule has 0 heterocycles. The van der Waals surface area contributed by atoms with Crippen LogP contribution in [-0.2, 0) is 19.1 Å². The Labute approximate surface area is 250 Å². The van der Waals surface area contributed by atoms with Gasteiger partial charge in [0, 0.05) is 0 Å². The molecule has 0 aliphatic carbocycles. The fourth-order valence-electron chi connectivity index (χ4n) is 5.35. The molecule has 0 rings (SSSR count). The van der Waals surface area contributed by atoms with E-state index in [2.05, 4.69) is 20.8 Å². The quantitative estimate of drug-likeness (QED) is 0.0641. The molecule has 2 atom stereocenters. The lowest BCUT2D eigenvalue weighted by Crippen LogP contribution is -2.29. The highest BCUT2D eigenvalue weighted by Crippen LogP contribution is 2.21. The highest BCUT2D eigenvalue weighted by Gasteiger charge is 2.23. The van der Waals surface area contributed by atoms with Crippen molar-refractivity contribution in [3.8, 4) is 0 Å². The third kappa shape index (κ3) is 24.7. The van der Waals surface area contributed by atoms with Crippen LogP contribution >= 0.6 is 0 Å². The molecule has 0 saturated carbocycles. The molecule has 40 heavy (non-hydrogen) atoms. The number of rotatable bonds is 30. The van der Waals surface area contributed by atoms with E-state index < -0.39 is 0 Å². The molecule has 0 spiro atoms. The van der Waals surface area contributed by atoms with Gasteiger partial charge in [0.25, 0.3) is 0 Å². The summed E-state index contributed by atoms with van der Waals surface area (Å²) < 4.78 is 11.6. The minimum Gasteiger partial charge on any atom is -0.462 e. The Balaban J connectivity index is 4.50. The molecule has 0 saturated heterocycles. The first-order chi connectivity index (χ1) is 19.5. The van der Waals surface area contributed by atoms with E-state index in [0.29, 0.717) is 0 Å². The van der Waals surface area contributed by atoms with Gasteiger partial charge >= 0.3 is 11.9 Å². The molecule has 0 aromatic heterocycles. The molecule has 0 bridgehead atoms. The van der Waals surface area contributed by atoms with Crippen LogP contribution in [0.25, 0.3) is 0 Å². The van der Waals surface area contributed by atoms with E-state index in [9.17, 15) is 9.59 Å². The van der Waals surface area contributed by atoms with Gasteiger partial charge in [0.1, 0.15) is 12.7 Å². The van der Waals surface area contributed by atoms with Crippen LogP contribution in [0.4, 0.5) is 0 Å². The molecule has 0 aromatic carbocycles. The first-order valence-electron chi connectivity index (χ1n) is 17.8. The molecular weight excluding hydrogens is 496 g/mol. The van der Waals surface area contributed by atoms with Crippen LogP contribution in [0.5, 0.6) is 0 Å². The fraction of sp³-hybridized carbons (Fsp3) is 0.944. The smallest absolute Gasteiger partial charge is 0.309 e. The molecule has 0 aromatic rings. The Morgan fingerprint density at radius 3 is 1.23 bits per heavy atom. The fourth-order valence-corrected chi connectivity index (χ4v) is 5.35. The maximum atomic E-state index is 13.1. The summed E-state index contributed by atoms with van der Waals surface area (Å²) in [4.78, 5) is 25.4. The highest BCUT2D eigenvalue weighted by molar-refractivity contribution is 5.73. The van der Waals surface area contributed by atoms with E-state index >= 15 is 0 Å². The molecule has 0 radical (unpaired) electrons. The van der Waals surface area contributed by atoms with Gasteiger partial charge in [-0.25, -0.2) is 0 Å². The molecule has 0 aliphatic heterocycles. The van der Waals surface area contributed by atoms with Crippen LogP contribution in [0.1, 0.15) is 195 Å². The topological polar surface area (TPSA) is 52.6 Å². The van der Waals surface area contributed by atoms with Crippen LogP contribution < -0.4 is 0 Å². The zero-order chi connectivity index (χ0) is 29.7. The SMILES string of the molecule is CCCCCCCCCCCCCCC(COC(=O)C(CCCCCC)CCCCCCCC)OC(=O)C(C)C. The second-order valence-electron chi connectivity index (χ2n) is 12.6. The number of unbranched alkanes of at least 4 members (excludes halogenated alkanes) is 19. The largest absolute Gasteiger partial charge is 0.462 e. The number of ether oxygens (including phenoxy) is 2. The standard InChI is InChI=1S/C36H70O4/c1-6-9-12-15-17-18-19-20-21-22-24-27-30-34(40-35(37)32(4)5)31-39-36(38)33(28-25-14-11-8-3)29-26-23-16-13-10-7-2/h32-34H,6-31H2,1-5H3. The molecule has 0 N–H and O–H groups in total. The predicted molar refractivity (Wildman–Crippen MR) is 172 cm³/mol. The molecule has 4 heteroatoms. The molecule has 4 nitrogen and oxygen atoms in total. The summed E-state index contributed by atoms with van der Waals surface area (Å²) >= 11 is 0. The van der Waals surface area contributed by atoms with Gasteiger partial charge in [0.2, 0.25) is 0 Å². The lowest BCUT2D eigenvalue weighted by molar-refractivity contribution is -0.164. The van der Waals surface area contributed by atoms with Gasteiger partial charge in [-0.05, 0) is 25.7 Å². The maximum Gasteiger partial charge on any atom is 0.309 e. The van der Waals surface area contributed by atoms with Crippen molar-refractivity contribution in [3.63, 3.8) is 0 Å². The summed E-state index contributed by atoms with van der Waals surface area (Å²) in [6.07, 6.45) is 30.1. The average Bonchev–Trinajstić information content (AvgIpc) is 2.94. The average molecular weight is 567 g/mol. The molecule has 0 amide bonds. The molecule has 0 aliphatic rings. The van der Waals surface area contributed by atoms with Gasteiger partial charge in [-0.15, -0.1) is 0 Å². The van der Waals surface area contributed by atoms with E-state index in [1.54, 1.807) is 0 Å². The Kier molecular flexibility index (Phi) is 28.7. The van der Waals surface area contributed by atoms with Crippen LogP contribution in [0.15, 0.2) is 0 Å². The number of carbonyl (C=O) groups excluding carboxylic acids is 2. The Morgan fingerprint density at radius 1 is 0.475 bits per heavy atom. The molecular formula is C36H70O4. The van der Waals surface area contributed by atoms with Crippen LogP contribution in [0.2, 0.25) is 0 Å². The lowest BCUT2D eigenvalue weighted by atomic mass is 9.94. The zero-order valence-corrected chi connectivity index (χ0v) is 27.7. The Bertz CT molecular complexity index is 559. The third-order valence-corrected chi connectivity index (χ3v) is 8.19. The van der Waals surface area contributed by atoms with Crippen molar-refractivity contribution in [2.24, 2.45) is 11.8 Å². The van der Waals surface area contributed by atoms with Gasteiger partial charge in [-0.2, -0.15) is 0 Å². The van der Waals surface area contributed by atoms with Crippen molar-refractivity contribution in [2.45, 2.75) is 201 Å². The summed E-state index contributed by atoms with van der Waals surface area (Å²) in [6, 6.07) is 0.